The summed E-state index contributed by atoms with van der Waals surface area (Å²) in [6, 6.07) is 1.73. The van der Waals surface area contributed by atoms with Crippen molar-refractivity contribution in [1.29, 1.82) is 0 Å². The summed E-state index contributed by atoms with van der Waals surface area (Å²) in [7, 11) is 0. The highest BCUT2D eigenvalue weighted by molar-refractivity contribution is 5.34. The van der Waals surface area contributed by atoms with Gasteiger partial charge in [-0.25, -0.2) is 4.98 Å². The Kier molecular flexibility index (Phi) is 3.94. The Labute approximate surface area is 122 Å². The van der Waals surface area contributed by atoms with E-state index >= 15 is 0 Å². The lowest BCUT2D eigenvalue weighted by molar-refractivity contribution is 0.0944. The fourth-order valence-corrected chi connectivity index (χ4v) is 2.50. The van der Waals surface area contributed by atoms with Crippen LogP contribution in [0.15, 0.2) is 6.07 Å². The molecule has 1 heterocycles. The zero-order valence-corrected chi connectivity index (χ0v) is 13.4. The number of hydrogen-bond donors (Lipinski definition) is 1. The Morgan fingerprint density at radius 3 is 2.35 bits per heavy atom. The smallest absolute Gasteiger partial charge is 0.219 e. The van der Waals surface area contributed by atoms with E-state index in [0.717, 1.165) is 18.7 Å². The molecule has 0 amide bonds. The van der Waals surface area contributed by atoms with E-state index in [-0.39, 0.29) is 11.5 Å². The first-order valence-electron chi connectivity index (χ1n) is 7.47. The number of nitrogen functional groups attached to an aromatic ring is 1. The van der Waals surface area contributed by atoms with Gasteiger partial charge >= 0.3 is 0 Å². The Morgan fingerprint density at radius 2 is 1.80 bits per heavy atom. The average molecular weight is 277 g/mol. The van der Waals surface area contributed by atoms with Crippen LogP contribution in [0.2, 0.25) is 0 Å². The van der Waals surface area contributed by atoms with E-state index in [0.29, 0.717) is 17.1 Å². The molecule has 0 bridgehead atoms. The molecule has 1 saturated carbocycles. The Hall–Kier alpha value is -1.32. The van der Waals surface area contributed by atoms with E-state index in [2.05, 4.69) is 44.6 Å². The van der Waals surface area contributed by atoms with Gasteiger partial charge in [0.15, 0.2) is 0 Å². The molecule has 1 fully saturated rings. The standard InChI is InChI=1S/C16H27N3O/c1-15(2,3)14-18-12(17)10-13(19-14)20-11-6-8-16(4,5)9-7-11/h10-11H,6-9H2,1-5H3,(H2,17,18,19). The highest BCUT2D eigenvalue weighted by Gasteiger charge is 2.28. The number of anilines is 1. The van der Waals surface area contributed by atoms with Gasteiger partial charge in [0, 0.05) is 11.5 Å². The van der Waals surface area contributed by atoms with Crippen LogP contribution in [0.5, 0.6) is 5.88 Å². The number of aromatic nitrogens is 2. The van der Waals surface area contributed by atoms with Crippen LogP contribution in [0, 0.1) is 5.41 Å². The van der Waals surface area contributed by atoms with Crippen molar-refractivity contribution >= 4 is 5.82 Å². The maximum atomic E-state index is 6.03. The largest absolute Gasteiger partial charge is 0.474 e. The van der Waals surface area contributed by atoms with E-state index in [4.69, 9.17) is 10.5 Å². The van der Waals surface area contributed by atoms with Gasteiger partial charge in [-0.1, -0.05) is 34.6 Å². The molecule has 0 aromatic carbocycles. The average Bonchev–Trinajstić information content (AvgIpc) is 2.30. The second-order valence-corrected chi connectivity index (χ2v) is 7.69. The molecule has 0 aliphatic heterocycles. The van der Waals surface area contributed by atoms with Gasteiger partial charge in [0.1, 0.15) is 17.7 Å². The molecule has 0 saturated heterocycles. The molecule has 20 heavy (non-hydrogen) atoms. The van der Waals surface area contributed by atoms with Crippen molar-refractivity contribution in [2.75, 3.05) is 5.73 Å². The Bertz CT molecular complexity index is 467. The monoisotopic (exact) mass is 277 g/mol. The molecule has 0 spiro atoms. The third-order valence-electron chi connectivity index (χ3n) is 3.97. The lowest BCUT2D eigenvalue weighted by Crippen LogP contribution is -2.29. The molecule has 4 nitrogen and oxygen atoms in total. The van der Waals surface area contributed by atoms with Crippen LogP contribution in [0.4, 0.5) is 5.82 Å². The van der Waals surface area contributed by atoms with Crippen LogP contribution in [0.25, 0.3) is 0 Å². The van der Waals surface area contributed by atoms with Crippen LogP contribution >= 0.6 is 0 Å². The zero-order valence-electron chi connectivity index (χ0n) is 13.4. The van der Waals surface area contributed by atoms with Gasteiger partial charge in [-0.3, -0.25) is 0 Å². The molecule has 1 aliphatic carbocycles. The van der Waals surface area contributed by atoms with Gasteiger partial charge in [0.25, 0.3) is 0 Å². The molecular weight excluding hydrogens is 250 g/mol. The molecule has 0 radical (unpaired) electrons. The highest BCUT2D eigenvalue weighted by Crippen LogP contribution is 2.36. The van der Waals surface area contributed by atoms with E-state index in [1.165, 1.54) is 12.8 Å². The van der Waals surface area contributed by atoms with Crippen molar-refractivity contribution in [1.82, 2.24) is 9.97 Å². The lowest BCUT2D eigenvalue weighted by Gasteiger charge is -2.34. The van der Waals surface area contributed by atoms with Crippen LogP contribution in [-0.2, 0) is 5.41 Å². The van der Waals surface area contributed by atoms with Crippen molar-refractivity contribution in [3.63, 3.8) is 0 Å². The Balaban J connectivity index is 2.09. The summed E-state index contributed by atoms with van der Waals surface area (Å²) in [5.41, 5.74) is 6.20. The molecule has 1 aromatic heterocycles. The van der Waals surface area contributed by atoms with Crippen LogP contribution in [0.3, 0.4) is 0 Å². The summed E-state index contributed by atoms with van der Waals surface area (Å²) in [6.45, 7) is 10.9. The summed E-state index contributed by atoms with van der Waals surface area (Å²) >= 11 is 0. The van der Waals surface area contributed by atoms with E-state index in [9.17, 15) is 0 Å². The van der Waals surface area contributed by atoms with Gasteiger partial charge in [0.2, 0.25) is 5.88 Å². The predicted octanol–water partition coefficient (Wildman–Crippen LogP) is 3.70. The summed E-state index contributed by atoms with van der Waals surface area (Å²) in [4.78, 5) is 8.83. The number of ether oxygens (including phenoxy) is 1. The van der Waals surface area contributed by atoms with Crippen molar-refractivity contribution < 1.29 is 4.74 Å². The third-order valence-corrected chi connectivity index (χ3v) is 3.97. The molecule has 112 valence electrons. The molecule has 0 atom stereocenters. The van der Waals surface area contributed by atoms with Gasteiger partial charge < -0.3 is 10.5 Å². The molecule has 2 N–H and O–H groups in total. The molecule has 0 unspecified atom stereocenters. The molecule has 2 rings (SSSR count). The van der Waals surface area contributed by atoms with Crippen molar-refractivity contribution in [2.45, 2.75) is 71.8 Å². The van der Waals surface area contributed by atoms with Crippen molar-refractivity contribution in [3.8, 4) is 5.88 Å². The first kappa shape index (κ1) is 15.1. The third kappa shape index (κ3) is 3.84. The summed E-state index contributed by atoms with van der Waals surface area (Å²) < 4.78 is 6.03. The van der Waals surface area contributed by atoms with Gasteiger partial charge in [0.05, 0.1) is 0 Å². The summed E-state index contributed by atoms with van der Waals surface area (Å²) in [5, 5.41) is 0. The first-order valence-corrected chi connectivity index (χ1v) is 7.47. The summed E-state index contributed by atoms with van der Waals surface area (Å²) in [5.74, 6) is 1.84. The first-order chi connectivity index (χ1) is 9.16. The van der Waals surface area contributed by atoms with Gasteiger partial charge in [-0.15, -0.1) is 0 Å². The summed E-state index contributed by atoms with van der Waals surface area (Å²) in [6.07, 6.45) is 4.82. The predicted molar refractivity (Wildman–Crippen MR) is 81.8 cm³/mol. The second kappa shape index (κ2) is 5.23. The fourth-order valence-electron chi connectivity index (χ4n) is 2.50. The van der Waals surface area contributed by atoms with Crippen LogP contribution in [0.1, 0.15) is 66.1 Å². The normalized spacial score (nSPS) is 19.9. The zero-order chi connectivity index (χ0) is 15.0. The second-order valence-electron chi connectivity index (χ2n) is 7.69. The number of hydrogen-bond acceptors (Lipinski definition) is 4. The number of nitrogens with zero attached hydrogens (tertiary/aromatic N) is 2. The fraction of sp³-hybridized carbons (Fsp3) is 0.750. The van der Waals surface area contributed by atoms with E-state index < -0.39 is 0 Å². The molecule has 4 heteroatoms. The minimum Gasteiger partial charge on any atom is -0.474 e. The van der Waals surface area contributed by atoms with Crippen LogP contribution < -0.4 is 10.5 Å². The number of rotatable bonds is 2. The number of nitrogens with two attached hydrogens (primary N) is 1. The minimum atomic E-state index is -0.123. The highest BCUT2D eigenvalue weighted by atomic mass is 16.5. The molecule has 1 aliphatic rings. The topological polar surface area (TPSA) is 61.0 Å². The molecular formula is C16H27N3O. The Morgan fingerprint density at radius 1 is 1.20 bits per heavy atom. The van der Waals surface area contributed by atoms with E-state index in [1.807, 2.05) is 0 Å². The van der Waals surface area contributed by atoms with E-state index in [1.54, 1.807) is 6.07 Å². The van der Waals surface area contributed by atoms with Gasteiger partial charge in [-0.05, 0) is 31.1 Å². The quantitative estimate of drug-likeness (QED) is 0.895. The van der Waals surface area contributed by atoms with Crippen molar-refractivity contribution in [2.24, 2.45) is 5.41 Å². The minimum absolute atomic E-state index is 0.123. The lowest BCUT2D eigenvalue weighted by atomic mass is 9.76. The maximum absolute atomic E-state index is 6.03. The van der Waals surface area contributed by atoms with Crippen LogP contribution in [-0.4, -0.2) is 16.1 Å². The van der Waals surface area contributed by atoms with Gasteiger partial charge in [-0.2, -0.15) is 4.98 Å². The maximum Gasteiger partial charge on any atom is 0.219 e. The van der Waals surface area contributed by atoms with Crippen molar-refractivity contribution in [3.05, 3.63) is 11.9 Å². The SMILES string of the molecule is CC1(C)CCC(Oc2cc(N)nc(C(C)(C)C)n2)CC1. The molecule has 1 aromatic rings.